The summed E-state index contributed by atoms with van der Waals surface area (Å²) in [7, 11) is 0. The molecule has 4 N–H and O–H groups in total. The molecule has 2 aromatic rings. The van der Waals surface area contributed by atoms with E-state index in [2.05, 4.69) is 42.8 Å². The van der Waals surface area contributed by atoms with Crippen molar-refractivity contribution in [1.82, 2.24) is 25.1 Å². The second-order valence-corrected chi connectivity index (χ2v) is 8.71. The van der Waals surface area contributed by atoms with Crippen LogP contribution in [0, 0.1) is 3.70 Å². The minimum Gasteiger partial charge on any atom is -0.444 e. The molecule has 0 atom stereocenters. The maximum Gasteiger partial charge on any atom is 0.410 e. The van der Waals surface area contributed by atoms with Crippen molar-refractivity contribution in [3.8, 4) is 0 Å². The lowest BCUT2D eigenvalue weighted by molar-refractivity contribution is -0.0324. The number of aromatic nitrogens is 4. The number of nitrogens with two attached hydrogens (primary N) is 1. The molecule has 1 amide bonds. The second kappa shape index (κ2) is 6.80. The fourth-order valence-electron chi connectivity index (χ4n) is 2.94. The Balaban J connectivity index is 1.67. The number of nitrogens with one attached hydrogen (secondary N) is 1. The molecule has 1 fully saturated rings. The maximum atomic E-state index is 12.1. The molecule has 0 radical (unpaired) electrons. The molecule has 9 nitrogen and oxygen atoms in total. The summed E-state index contributed by atoms with van der Waals surface area (Å²) in [6.45, 7) is 6.34. The van der Waals surface area contributed by atoms with Crippen LogP contribution in [0.2, 0.25) is 0 Å². The number of rotatable bonds is 2. The van der Waals surface area contributed by atoms with Gasteiger partial charge < -0.3 is 20.5 Å². The van der Waals surface area contributed by atoms with Crippen molar-refractivity contribution in [3.05, 3.63) is 9.53 Å². The summed E-state index contributed by atoms with van der Waals surface area (Å²) < 4.78 is 6.16. The van der Waals surface area contributed by atoms with Gasteiger partial charge in [0.25, 0.3) is 0 Å². The van der Waals surface area contributed by atoms with Gasteiger partial charge in [-0.25, -0.2) is 14.8 Å². The van der Waals surface area contributed by atoms with E-state index < -0.39 is 11.2 Å². The Morgan fingerprint density at radius 1 is 1.38 bits per heavy atom. The van der Waals surface area contributed by atoms with Crippen LogP contribution in [0.3, 0.4) is 0 Å². The topological polar surface area (TPSA) is 130 Å². The molecule has 26 heavy (non-hydrogen) atoms. The van der Waals surface area contributed by atoms with Crippen molar-refractivity contribution in [2.75, 3.05) is 18.8 Å². The van der Waals surface area contributed by atoms with E-state index in [0.29, 0.717) is 48.6 Å². The van der Waals surface area contributed by atoms with Crippen LogP contribution in [0.1, 0.15) is 39.4 Å². The lowest BCUT2D eigenvalue weighted by Crippen LogP contribution is -2.49. The van der Waals surface area contributed by atoms with E-state index in [1.807, 2.05) is 20.8 Å². The number of ether oxygens (including phenoxy) is 1. The summed E-state index contributed by atoms with van der Waals surface area (Å²) in [5, 5.41) is 18.5. The van der Waals surface area contributed by atoms with Gasteiger partial charge in [-0.3, -0.25) is 5.10 Å². The number of H-pyrrole nitrogens is 1. The van der Waals surface area contributed by atoms with Crippen LogP contribution in [0.4, 0.5) is 10.6 Å². The number of fused-ring (bicyclic) bond motifs is 1. The van der Waals surface area contributed by atoms with Gasteiger partial charge >= 0.3 is 6.09 Å². The van der Waals surface area contributed by atoms with Crippen LogP contribution in [-0.4, -0.2) is 60.6 Å². The minimum absolute atomic E-state index is 0.263. The van der Waals surface area contributed by atoms with E-state index >= 15 is 0 Å². The number of piperidine rings is 1. The SMILES string of the molecule is CC(C)(C)OC(=O)N1CCC(O)(Cc2nc(N)c3c(I)[nH]nc3n2)CC1. The van der Waals surface area contributed by atoms with E-state index in [-0.39, 0.29) is 12.5 Å². The van der Waals surface area contributed by atoms with Crippen molar-refractivity contribution in [3.63, 3.8) is 0 Å². The van der Waals surface area contributed by atoms with Gasteiger partial charge in [0.05, 0.1) is 11.0 Å². The number of amides is 1. The number of halogens is 1. The molecule has 0 unspecified atom stereocenters. The van der Waals surface area contributed by atoms with E-state index in [4.69, 9.17) is 10.5 Å². The number of carbonyl (C=O) groups excluding carboxylic acids is 1. The van der Waals surface area contributed by atoms with Crippen molar-refractivity contribution in [1.29, 1.82) is 0 Å². The molecule has 0 spiro atoms. The van der Waals surface area contributed by atoms with Crippen molar-refractivity contribution >= 4 is 45.5 Å². The van der Waals surface area contributed by atoms with E-state index in [0.717, 1.165) is 3.70 Å². The zero-order valence-corrected chi connectivity index (χ0v) is 17.2. The summed E-state index contributed by atoms with van der Waals surface area (Å²) >= 11 is 2.09. The Hall–Kier alpha value is -1.69. The van der Waals surface area contributed by atoms with Crippen LogP contribution in [0.5, 0.6) is 0 Å². The van der Waals surface area contributed by atoms with Gasteiger partial charge in [-0.2, -0.15) is 5.10 Å². The Labute approximate surface area is 164 Å². The summed E-state index contributed by atoms with van der Waals surface area (Å²) in [6.07, 6.45) is 0.753. The predicted octanol–water partition coefficient (Wildman–Crippen LogP) is 1.84. The van der Waals surface area contributed by atoms with Crippen LogP contribution in [0.15, 0.2) is 0 Å². The first-order valence-electron chi connectivity index (χ1n) is 8.43. The molecule has 3 rings (SSSR count). The third-order valence-electron chi connectivity index (χ3n) is 4.28. The highest BCUT2D eigenvalue weighted by Crippen LogP contribution is 2.28. The van der Waals surface area contributed by atoms with Crippen LogP contribution in [-0.2, 0) is 11.2 Å². The largest absolute Gasteiger partial charge is 0.444 e. The number of hydrogen-bond acceptors (Lipinski definition) is 7. The van der Waals surface area contributed by atoms with Crippen molar-refractivity contribution in [2.45, 2.75) is 51.2 Å². The first-order chi connectivity index (χ1) is 12.1. The highest BCUT2D eigenvalue weighted by Gasteiger charge is 2.36. The molecular weight excluding hydrogens is 451 g/mol. The fourth-order valence-corrected chi connectivity index (χ4v) is 3.58. The molecule has 0 aromatic carbocycles. The number of carbonyl (C=O) groups is 1. The molecule has 0 saturated carbocycles. The minimum atomic E-state index is -0.984. The van der Waals surface area contributed by atoms with E-state index in [1.54, 1.807) is 4.90 Å². The zero-order valence-electron chi connectivity index (χ0n) is 15.0. The average Bonchev–Trinajstić information content (AvgIpc) is 2.87. The molecule has 1 aliphatic rings. The summed E-state index contributed by atoms with van der Waals surface area (Å²) in [5.74, 6) is 0.795. The number of aromatic amines is 1. The van der Waals surface area contributed by atoms with Gasteiger partial charge in [0, 0.05) is 19.5 Å². The Morgan fingerprint density at radius 2 is 2.04 bits per heavy atom. The van der Waals surface area contributed by atoms with Crippen molar-refractivity contribution < 1.29 is 14.6 Å². The monoisotopic (exact) mass is 474 g/mol. The normalized spacial score (nSPS) is 17.5. The van der Waals surface area contributed by atoms with Gasteiger partial charge in [0.15, 0.2) is 5.65 Å². The van der Waals surface area contributed by atoms with Gasteiger partial charge in [-0.1, -0.05) is 0 Å². The lowest BCUT2D eigenvalue weighted by atomic mass is 9.88. The highest BCUT2D eigenvalue weighted by atomic mass is 127. The van der Waals surface area contributed by atoms with Gasteiger partial charge in [0.1, 0.15) is 20.9 Å². The van der Waals surface area contributed by atoms with Crippen LogP contribution in [0.25, 0.3) is 11.0 Å². The average molecular weight is 474 g/mol. The number of aliphatic hydroxyl groups is 1. The van der Waals surface area contributed by atoms with Crippen molar-refractivity contribution in [2.24, 2.45) is 0 Å². The zero-order chi connectivity index (χ0) is 19.1. The molecule has 1 saturated heterocycles. The highest BCUT2D eigenvalue weighted by molar-refractivity contribution is 14.1. The van der Waals surface area contributed by atoms with Crippen LogP contribution >= 0.6 is 22.6 Å². The first-order valence-corrected chi connectivity index (χ1v) is 9.50. The quantitative estimate of drug-likeness (QED) is 0.567. The molecule has 2 aromatic heterocycles. The van der Waals surface area contributed by atoms with E-state index in [9.17, 15) is 9.90 Å². The Morgan fingerprint density at radius 3 is 2.65 bits per heavy atom. The summed E-state index contributed by atoms with van der Waals surface area (Å²) in [4.78, 5) is 22.5. The Kier molecular flexibility index (Phi) is 4.99. The molecule has 0 aliphatic carbocycles. The standard InChI is InChI=1S/C16H23IN6O3/c1-15(2,3)26-14(24)23-6-4-16(25,5-7-23)8-9-19-12(18)10-11(17)21-22-13(10)20-9/h25H,4-8H2,1-3H3,(H3,18,19,20,21,22). The molecular formula is C16H23IN6O3. The predicted molar refractivity (Wildman–Crippen MR) is 105 cm³/mol. The molecule has 1 aliphatic heterocycles. The summed E-state index contributed by atoms with van der Waals surface area (Å²) in [6, 6.07) is 0. The molecule has 3 heterocycles. The van der Waals surface area contributed by atoms with E-state index in [1.165, 1.54) is 0 Å². The third-order valence-corrected chi connectivity index (χ3v) is 5.06. The maximum absolute atomic E-state index is 12.1. The second-order valence-electron chi connectivity index (χ2n) is 7.63. The molecule has 0 bridgehead atoms. The smallest absolute Gasteiger partial charge is 0.410 e. The number of likely N-dealkylation sites (tertiary alicyclic amines) is 1. The number of nitrogens with zero attached hydrogens (tertiary/aromatic N) is 4. The lowest BCUT2D eigenvalue weighted by Gasteiger charge is -2.38. The Bertz CT molecular complexity index is 823. The third kappa shape index (κ3) is 4.17. The fraction of sp³-hybridized carbons (Fsp3) is 0.625. The number of nitrogen functional groups attached to an aromatic ring is 1. The number of hydrogen-bond donors (Lipinski definition) is 3. The first kappa shape index (κ1) is 19.1. The molecule has 142 valence electrons. The number of anilines is 1. The van der Waals surface area contributed by atoms with Gasteiger partial charge in [0.2, 0.25) is 0 Å². The van der Waals surface area contributed by atoms with Gasteiger partial charge in [-0.05, 0) is 56.2 Å². The summed E-state index contributed by atoms with van der Waals surface area (Å²) in [5.41, 5.74) is 4.98. The molecule has 10 heteroatoms. The van der Waals surface area contributed by atoms with Crippen LogP contribution < -0.4 is 5.73 Å². The van der Waals surface area contributed by atoms with Gasteiger partial charge in [-0.15, -0.1) is 0 Å².